The molecular formula is C12H21NOS. The highest BCUT2D eigenvalue weighted by Gasteiger charge is 2.03. The summed E-state index contributed by atoms with van der Waals surface area (Å²) >= 11 is 1.75. The van der Waals surface area contributed by atoms with Crippen molar-refractivity contribution in [1.29, 1.82) is 0 Å². The van der Waals surface area contributed by atoms with Crippen LogP contribution >= 0.6 is 11.3 Å². The van der Waals surface area contributed by atoms with E-state index in [9.17, 15) is 0 Å². The van der Waals surface area contributed by atoms with E-state index in [1.807, 2.05) is 0 Å². The zero-order valence-electron chi connectivity index (χ0n) is 9.82. The Hall–Kier alpha value is -0.380. The Labute approximate surface area is 96.7 Å². The van der Waals surface area contributed by atoms with Gasteiger partial charge in [-0.3, -0.25) is 0 Å². The molecule has 15 heavy (non-hydrogen) atoms. The first-order valence-corrected chi connectivity index (χ1v) is 6.44. The second kappa shape index (κ2) is 6.99. The lowest BCUT2D eigenvalue weighted by atomic mass is 10.2. The van der Waals surface area contributed by atoms with E-state index in [4.69, 9.17) is 4.74 Å². The van der Waals surface area contributed by atoms with Crippen LogP contribution in [0, 0.1) is 0 Å². The van der Waals surface area contributed by atoms with Crippen molar-refractivity contribution in [3.63, 3.8) is 0 Å². The van der Waals surface area contributed by atoms with Crippen LogP contribution in [-0.4, -0.2) is 18.7 Å². The molecule has 1 aromatic rings. The lowest BCUT2D eigenvalue weighted by Gasteiger charge is -2.14. The maximum Gasteiger partial charge on any atom is 0.0812 e. The van der Waals surface area contributed by atoms with Crippen molar-refractivity contribution >= 4 is 11.3 Å². The molecule has 1 unspecified atom stereocenters. The lowest BCUT2D eigenvalue weighted by Crippen LogP contribution is -2.26. The molecule has 0 aliphatic carbocycles. The largest absolute Gasteiger partial charge is 0.373 e. The molecule has 86 valence electrons. The summed E-state index contributed by atoms with van der Waals surface area (Å²) in [7, 11) is 0. The first kappa shape index (κ1) is 12.7. The Morgan fingerprint density at radius 1 is 1.40 bits per heavy atom. The summed E-state index contributed by atoms with van der Waals surface area (Å²) in [5.41, 5.74) is 0. The molecule has 0 aromatic carbocycles. The van der Waals surface area contributed by atoms with Gasteiger partial charge in [-0.05, 0) is 31.3 Å². The molecule has 1 rings (SSSR count). The highest BCUT2D eigenvalue weighted by atomic mass is 32.1. The third kappa shape index (κ3) is 5.92. The molecule has 1 atom stereocenters. The SMILES string of the molecule is CC(C)NCCC(C)OCc1cccs1. The highest BCUT2D eigenvalue weighted by molar-refractivity contribution is 7.09. The van der Waals surface area contributed by atoms with E-state index >= 15 is 0 Å². The molecule has 0 aliphatic heterocycles. The van der Waals surface area contributed by atoms with Crippen molar-refractivity contribution in [1.82, 2.24) is 5.32 Å². The smallest absolute Gasteiger partial charge is 0.0812 e. The first-order chi connectivity index (χ1) is 7.18. The minimum atomic E-state index is 0.332. The predicted octanol–water partition coefficient (Wildman–Crippen LogP) is 3.04. The van der Waals surface area contributed by atoms with Crippen LogP contribution in [0.1, 0.15) is 32.1 Å². The molecule has 0 amide bonds. The lowest BCUT2D eigenvalue weighted by molar-refractivity contribution is 0.0491. The number of thiophene rings is 1. The summed E-state index contributed by atoms with van der Waals surface area (Å²) < 4.78 is 5.74. The normalized spacial score (nSPS) is 13.3. The van der Waals surface area contributed by atoms with Crippen molar-refractivity contribution in [3.05, 3.63) is 22.4 Å². The summed E-state index contributed by atoms with van der Waals surface area (Å²) in [6, 6.07) is 4.74. The average Bonchev–Trinajstić information content (AvgIpc) is 2.66. The fourth-order valence-electron chi connectivity index (χ4n) is 1.28. The molecule has 0 aliphatic rings. The molecule has 0 spiro atoms. The molecule has 0 saturated carbocycles. The Morgan fingerprint density at radius 2 is 2.20 bits per heavy atom. The van der Waals surface area contributed by atoms with Crippen LogP contribution in [0.3, 0.4) is 0 Å². The summed E-state index contributed by atoms with van der Waals surface area (Å²) in [6.07, 6.45) is 1.40. The van der Waals surface area contributed by atoms with Gasteiger partial charge in [0.2, 0.25) is 0 Å². The molecule has 1 N–H and O–H groups in total. The topological polar surface area (TPSA) is 21.3 Å². The zero-order valence-corrected chi connectivity index (χ0v) is 10.6. The molecule has 1 aromatic heterocycles. The van der Waals surface area contributed by atoms with Gasteiger partial charge in [-0.15, -0.1) is 11.3 Å². The minimum absolute atomic E-state index is 0.332. The Balaban J connectivity index is 2.06. The first-order valence-electron chi connectivity index (χ1n) is 5.56. The maximum atomic E-state index is 5.74. The van der Waals surface area contributed by atoms with Crippen molar-refractivity contribution in [2.75, 3.05) is 6.54 Å². The van der Waals surface area contributed by atoms with Crippen molar-refractivity contribution in [2.45, 2.75) is 45.9 Å². The molecule has 3 heteroatoms. The fraction of sp³-hybridized carbons (Fsp3) is 0.667. The number of rotatable bonds is 7. The molecule has 0 radical (unpaired) electrons. The van der Waals surface area contributed by atoms with Gasteiger partial charge in [0.15, 0.2) is 0 Å². The molecule has 0 bridgehead atoms. The second-order valence-electron chi connectivity index (χ2n) is 4.10. The number of nitrogens with one attached hydrogen (secondary N) is 1. The average molecular weight is 227 g/mol. The quantitative estimate of drug-likeness (QED) is 0.773. The van der Waals surface area contributed by atoms with Crippen LogP contribution in [0.2, 0.25) is 0 Å². The van der Waals surface area contributed by atoms with Crippen LogP contribution in [0.25, 0.3) is 0 Å². The van der Waals surface area contributed by atoms with Gasteiger partial charge < -0.3 is 10.1 Å². The van der Waals surface area contributed by atoms with E-state index in [-0.39, 0.29) is 0 Å². The van der Waals surface area contributed by atoms with Gasteiger partial charge in [0.25, 0.3) is 0 Å². The van der Waals surface area contributed by atoms with E-state index in [2.05, 4.69) is 43.6 Å². The van der Waals surface area contributed by atoms with Gasteiger partial charge in [0, 0.05) is 10.9 Å². The van der Waals surface area contributed by atoms with E-state index in [1.54, 1.807) is 11.3 Å². The van der Waals surface area contributed by atoms with Crippen LogP contribution in [0.4, 0.5) is 0 Å². The van der Waals surface area contributed by atoms with Gasteiger partial charge in [0.1, 0.15) is 0 Å². The number of ether oxygens (including phenoxy) is 1. The monoisotopic (exact) mass is 227 g/mol. The van der Waals surface area contributed by atoms with Crippen molar-refractivity contribution in [3.8, 4) is 0 Å². The summed E-state index contributed by atoms with van der Waals surface area (Å²) in [5, 5.41) is 5.48. The number of hydrogen-bond donors (Lipinski definition) is 1. The molecule has 1 heterocycles. The standard InChI is InChI=1S/C12H21NOS/c1-10(2)13-7-6-11(3)14-9-12-5-4-8-15-12/h4-5,8,10-11,13H,6-7,9H2,1-3H3. The Kier molecular flexibility index (Phi) is 5.91. The summed E-state index contributed by atoms with van der Waals surface area (Å²) in [5.74, 6) is 0. The van der Waals surface area contributed by atoms with E-state index in [0.29, 0.717) is 12.1 Å². The fourth-order valence-corrected chi connectivity index (χ4v) is 1.90. The molecular weight excluding hydrogens is 206 g/mol. The van der Waals surface area contributed by atoms with Gasteiger partial charge >= 0.3 is 0 Å². The van der Waals surface area contributed by atoms with Crippen LogP contribution in [0.5, 0.6) is 0 Å². The minimum Gasteiger partial charge on any atom is -0.373 e. The summed E-state index contributed by atoms with van der Waals surface area (Å²) in [4.78, 5) is 1.30. The molecule has 2 nitrogen and oxygen atoms in total. The van der Waals surface area contributed by atoms with E-state index < -0.39 is 0 Å². The van der Waals surface area contributed by atoms with Crippen molar-refractivity contribution in [2.24, 2.45) is 0 Å². The third-order valence-corrected chi connectivity index (χ3v) is 3.04. The maximum absolute atomic E-state index is 5.74. The number of hydrogen-bond acceptors (Lipinski definition) is 3. The Bertz CT molecular complexity index is 246. The highest BCUT2D eigenvalue weighted by Crippen LogP contribution is 2.11. The summed E-state index contributed by atoms with van der Waals surface area (Å²) in [6.45, 7) is 8.24. The van der Waals surface area contributed by atoms with Gasteiger partial charge in [0.05, 0.1) is 12.7 Å². The predicted molar refractivity (Wildman–Crippen MR) is 66.3 cm³/mol. The zero-order chi connectivity index (χ0) is 11.1. The molecule has 0 fully saturated rings. The Morgan fingerprint density at radius 3 is 2.80 bits per heavy atom. The van der Waals surface area contributed by atoms with Gasteiger partial charge in [-0.2, -0.15) is 0 Å². The van der Waals surface area contributed by atoms with Gasteiger partial charge in [-0.25, -0.2) is 0 Å². The van der Waals surface area contributed by atoms with Crippen LogP contribution in [-0.2, 0) is 11.3 Å². The van der Waals surface area contributed by atoms with Crippen LogP contribution in [0.15, 0.2) is 17.5 Å². The van der Waals surface area contributed by atoms with Gasteiger partial charge in [-0.1, -0.05) is 19.9 Å². The second-order valence-corrected chi connectivity index (χ2v) is 5.13. The van der Waals surface area contributed by atoms with E-state index in [0.717, 1.165) is 19.6 Å². The van der Waals surface area contributed by atoms with E-state index in [1.165, 1.54) is 4.88 Å². The van der Waals surface area contributed by atoms with Crippen molar-refractivity contribution < 1.29 is 4.74 Å². The molecule has 0 saturated heterocycles. The third-order valence-electron chi connectivity index (χ3n) is 2.19. The van der Waals surface area contributed by atoms with Crippen LogP contribution < -0.4 is 5.32 Å².